The van der Waals surface area contributed by atoms with E-state index in [-0.39, 0.29) is 11.9 Å². The third-order valence-electron chi connectivity index (χ3n) is 6.46. The normalized spacial score (nSPS) is 13.0. The van der Waals surface area contributed by atoms with Crippen LogP contribution < -0.4 is 11.0 Å². The summed E-state index contributed by atoms with van der Waals surface area (Å²) in [6, 6.07) is 0. The third kappa shape index (κ3) is 21.2. The molecule has 0 amide bonds. The molecule has 196 valence electrons. The first kappa shape index (κ1) is 31.9. The average Bonchev–Trinajstić information content (AvgIpc) is 2.82. The van der Waals surface area contributed by atoms with E-state index in [9.17, 15) is 9.59 Å². The van der Waals surface area contributed by atoms with Crippen molar-refractivity contribution in [2.75, 3.05) is 13.1 Å². The van der Waals surface area contributed by atoms with Crippen molar-refractivity contribution < 1.29 is 19.3 Å². The van der Waals surface area contributed by atoms with Crippen LogP contribution >= 0.6 is 0 Å². The number of unbranched alkanes of at least 4 members (excludes halogenated alkanes) is 8. The molecule has 0 aromatic carbocycles. The van der Waals surface area contributed by atoms with Gasteiger partial charge in [-0.2, -0.15) is 11.0 Å². The molecule has 0 aromatic rings. The monoisotopic (exact) mass is 470 g/mol. The molecule has 6 nitrogen and oxygen atoms in total. The SMILES string of the molecule is CCCCC(CC)CNOC(=O)CCCCCCCCCC(=O)ONCC(CC)CCCC. The molecular weight excluding hydrogens is 416 g/mol. The van der Waals surface area contributed by atoms with Crippen molar-refractivity contribution in [1.82, 2.24) is 11.0 Å². The maximum absolute atomic E-state index is 11.8. The number of hydrogen-bond acceptors (Lipinski definition) is 6. The van der Waals surface area contributed by atoms with E-state index in [1.165, 1.54) is 38.5 Å². The molecule has 0 radical (unpaired) electrons. The highest BCUT2D eigenvalue weighted by Gasteiger charge is 2.09. The summed E-state index contributed by atoms with van der Waals surface area (Å²) in [6.07, 6.45) is 17.7. The molecule has 0 saturated heterocycles. The quantitative estimate of drug-likeness (QED) is 0.116. The van der Waals surface area contributed by atoms with Crippen LogP contribution in [0.5, 0.6) is 0 Å². The lowest BCUT2D eigenvalue weighted by molar-refractivity contribution is -0.152. The van der Waals surface area contributed by atoms with Crippen molar-refractivity contribution in [3.63, 3.8) is 0 Å². The van der Waals surface area contributed by atoms with E-state index in [0.29, 0.717) is 24.7 Å². The highest BCUT2D eigenvalue weighted by atomic mass is 16.7. The molecule has 0 aromatic heterocycles. The van der Waals surface area contributed by atoms with Gasteiger partial charge in [0.25, 0.3) is 0 Å². The first-order valence-corrected chi connectivity index (χ1v) is 13.9. The van der Waals surface area contributed by atoms with Crippen LogP contribution in [0.15, 0.2) is 0 Å². The first-order chi connectivity index (χ1) is 16.1. The van der Waals surface area contributed by atoms with Crippen LogP contribution in [-0.4, -0.2) is 25.0 Å². The third-order valence-corrected chi connectivity index (χ3v) is 6.46. The van der Waals surface area contributed by atoms with Crippen molar-refractivity contribution in [3.8, 4) is 0 Å². The summed E-state index contributed by atoms with van der Waals surface area (Å²) in [6.45, 7) is 10.3. The number of hydrogen-bond donors (Lipinski definition) is 2. The zero-order valence-electron chi connectivity index (χ0n) is 22.2. The van der Waals surface area contributed by atoms with Crippen LogP contribution in [0, 0.1) is 11.8 Å². The van der Waals surface area contributed by atoms with Gasteiger partial charge in [0, 0.05) is 25.9 Å². The topological polar surface area (TPSA) is 76.7 Å². The van der Waals surface area contributed by atoms with E-state index in [2.05, 4.69) is 38.7 Å². The van der Waals surface area contributed by atoms with Crippen LogP contribution in [0.1, 0.15) is 137 Å². The highest BCUT2D eigenvalue weighted by molar-refractivity contribution is 5.69. The molecule has 0 heterocycles. The Morgan fingerprint density at radius 2 is 0.939 bits per heavy atom. The van der Waals surface area contributed by atoms with E-state index in [1.54, 1.807) is 0 Å². The lowest BCUT2D eigenvalue weighted by atomic mass is 10.00. The maximum atomic E-state index is 11.8. The van der Waals surface area contributed by atoms with Crippen LogP contribution in [0.3, 0.4) is 0 Å². The number of hydroxylamine groups is 2. The smallest absolute Gasteiger partial charge is 0.324 e. The Morgan fingerprint density at radius 3 is 1.27 bits per heavy atom. The second-order valence-electron chi connectivity index (χ2n) is 9.45. The fraction of sp³-hybridized carbons (Fsp3) is 0.926. The Balaban J connectivity index is 3.49. The molecular formula is C27H54N2O4. The van der Waals surface area contributed by atoms with Crippen molar-refractivity contribution in [2.45, 2.75) is 137 Å². The molecule has 0 bridgehead atoms. The van der Waals surface area contributed by atoms with Crippen molar-refractivity contribution >= 4 is 11.9 Å². The molecule has 2 unspecified atom stereocenters. The lowest BCUT2D eigenvalue weighted by Gasteiger charge is -2.14. The fourth-order valence-corrected chi connectivity index (χ4v) is 3.89. The predicted molar refractivity (Wildman–Crippen MR) is 136 cm³/mol. The second-order valence-corrected chi connectivity index (χ2v) is 9.45. The summed E-state index contributed by atoms with van der Waals surface area (Å²) in [5.74, 6) is 0.867. The largest absolute Gasteiger partial charge is 0.371 e. The Hall–Kier alpha value is -1.14. The minimum Gasteiger partial charge on any atom is -0.371 e. The number of carbonyl (C=O) groups is 2. The van der Waals surface area contributed by atoms with Gasteiger partial charge in [-0.15, -0.1) is 0 Å². The fourth-order valence-electron chi connectivity index (χ4n) is 3.89. The minimum absolute atomic E-state index is 0.150. The number of carbonyl (C=O) groups excluding carboxylic acids is 2. The van der Waals surface area contributed by atoms with Gasteiger partial charge >= 0.3 is 11.9 Å². The predicted octanol–water partition coefficient (Wildman–Crippen LogP) is 7.03. The molecule has 0 rings (SSSR count). The molecule has 33 heavy (non-hydrogen) atoms. The molecule has 2 N–H and O–H groups in total. The van der Waals surface area contributed by atoms with Crippen molar-refractivity contribution in [1.29, 1.82) is 0 Å². The molecule has 0 aliphatic rings. The van der Waals surface area contributed by atoms with Crippen LogP contribution in [0.4, 0.5) is 0 Å². The first-order valence-electron chi connectivity index (χ1n) is 13.9. The number of nitrogens with one attached hydrogen (secondary N) is 2. The Labute approximate surface area is 204 Å². The van der Waals surface area contributed by atoms with Gasteiger partial charge in [0.05, 0.1) is 0 Å². The summed E-state index contributed by atoms with van der Waals surface area (Å²) in [7, 11) is 0. The zero-order chi connectivity index (χ0) is 24.6. The van der Waals surface area contributed by atoms with Gasteiger partial charge in [0.15, 0.2) is 0 Å². The van der Waals surface area contributed by atoms with Crippen LogP contribution in [0.25, 0.3) is 0 Å². The summed E-state index contributed by atoms with van der Waals surface area (Å²) in [4.78, 5) is 33.9. The van der Waals surface area contributed by atoms with Gasteiger partial charge in [0.2, 0.25) is 0 Å². The van der Waals surface area contributed by atoms with Gasteiger partial charge in [-0.25, -0.2) is 0 Å². The Kier molecular flexibility index (Phi) is 23.2. The number of rotatable bonds is 24. The van der Waals surface area contributed by atoms with Gasteiger partial charge in [-0.3, -0.25) is 9.59 Å². The summed E-state index contributed by atoms with van der Waals surface area (Å²) in [5, 5.41) is 0. The minimum atomic E-state index is -0.150. The average molecular weight is 471 g/mol. The lowest BCUT2D eigenvalue weighted by Crippen LogP contribution is -2.26. The zero-order valence-corrected chi connectivity index (χ0v) is 22.2. The molecule has 0 aliphatic heterocycles. The Morgan fingerprint density at radius 1 is 0.576 bits per heavy atom. The van der Waals surface area contributed by atoms with Gasteiger partial charge < -0.3 is 9.68 Å². The summed E-state index contributed by atoms with van der Waals surface area (Å²) in [5.41, 5.74) is 5.73. The van der Waals surface area contributed by atoms with Gasteiger partial charge in [0.1, 0.15) is 0 Å². The van der Waals surface area contributed by atoms with E-state index in [1.807, 2.05) is 0 Å². The molecule has 0 fully saturated rings. The van der Waals surface area contributed by atoms with E-state index in [4.69, 9.17) is 9.68 Å². The highest BCUT2D eigenvalue weighted by Crippen LogP contribution is 2.13. The molecule has 6 heteroatoms. The van der Waals surface area contributed by atoms with Crippen LogP contribution in [0.2, 0.25) is 0 Å². The van der Waals surface area contributed by atoms with Crippen LogP contribution in [-0.2, 0) is 19.3 Å². The van der Waals surface area contributed by atoms with Crippen molar-refractivity contribution in [2.24, 2.45) is 11.8 Å². The van der Waals surface area contributed by atoms with Crippen molar-refractivity contribution in [3.05, 3.63) is 0 Å². The molecule has 2 atom stereocenters. The summed E-state index contributed by atoms with van der Waals surface area (Å²) >= 11 is 0. The van der Waals surface area contributed by atoms with Gasteiger partial charge in [-0.05, 0) is 37.5 Å². The molecule has 0 aliphatic carbocycles. The standard InChI is InChI=1S/C27H54N2O4/c1-5-9-18-24(7-3)22-28-32-26(30)20-16-14-12-11-13-15-17-21-27(31)33-29-23-25(8-4)19-10-6-2/h24-25,28-29H,5-23H2,1-4H3. The Bertz CT molecular complexity index is 419. The summed E-state index contributed by atoms with van der Waals surface area (Å²) < 4.78 is 0. The van der Waals surface area contributed by atoms with Gasteiger partial charge in [-0.1, -0.05) is 98.3 Å². The second kappa shape index (κ2) is 24.0. The maximum Gasteiger partial charge on any atom is 0.324 e. The van der Waals surface area contributed by atoms with E-state index >= 15 is 0 Å². The van der Waals surface area contributed by atoms with E-state index < -0.39 is 0 Å². The van der Waals surface area contributed by atoms with E-state index in [0.717, 1.165) is 70.9 Å². The molecule has 0 saturated carbocycles. The molecule has 0 spiro atoms.